The maximum atomic E-state index is 5.96. The number of aromatic nitrogens is 4. The molecule has 2 aromatic heterocycles. The minimum atomic E-state index is 0.568. The molecule has 0 aliphatic heterocycles. The number of nitrogen functional groups attached to an aromatic ring is 1. The fraction of sp³-hybridized carbons (Fsp3) is 0.231. The molecule has 0 radical (unpaired) electrons. The third-order valence-electron chi connectivity index (χ3n) is 3.20. The fourth-order valence-electron chi connectivity index (χ4n) is 2.20. The van der Waals surface area contributed by atoms with Gasteiger partial charge in [0.15, 0.2) is 0 Å². The summed E-state index contributed by atoms with van der Waals surface area (Å²) >= 11 is 0. The van der Waals surface area contributed by atoms with Crippen LogP contribution in [0.1, 0.15) is 5.69 Å². The van der Waals surface area contributed by atoms with Gasteiger partial charge < -0.3 is 10.3 Å². The number of fused-ring (bicyclic) bond motifs is 1. The molecule has 0 atom stereocenters. The molecule has 0 saturated heterocycles. The molecule has 0 aliphatic rings. The molecule has 0 unspecified atom stereocenters. The first-order chi connectivity index (χ1) is 8.75. The number of benzene rings is 1. The number of para-hydroxylation sites is 2. The van der Waals surface area contributed by atoms with Crippen LogP contribution in [-0.4, -0.2) is 19.3 Å². The summed E-state index contributed by atoms with van der Waals surface area (Å²) in [6, 6.07) is 10.0. The third-order valence-corrected chi connectivity index (χ3v) is 3.20. The lowest BCUT2D eigenvalue weighted by Gasteiger charge is -2.06. The van der Waals surface area contributed by atoms with Crippen LogP contribution >= 0.6 is 0 Å². The van der Waals surface area contributed by atoms with Crippen LogP contribution in [0.25, 0.3) is 11.0 Å². The van der Waals surface area contributed by atoms with Gasteiger partial charge >= 0.3 is 0 Å². The molecular formula is C13H15N5. The van der Waals surface area contributed by atoms with E-state index >= 15 is 0 Å². The van der Waals surface area contributed by atoms with Crippen LogP contribution in [0.3, 0.4) is 0 Å². The van der Waals surface area contributed by atoms with E-state index < -0.39 is 0 Å². The second-order valence-corrected chi connectivity index (χ2v) is 4.31. The zero-order chi connectivity index (χ0) is 12.5. The number of rotatable bonds is 3. The van der Waals surface area contributed by atoms with Crippen molar-refractivity contribution in [3.05, 3.63) is 42.2 Å². The van der Waals surface area contributed by atoms with Gasteiger partial charge in [-0.05, 0) is 18.2 Å². The van der Waals surface area contributed by atoms with Crippen molar-refractivity contribution in [3.8, 4) is 0 Å². The molecule has 92 valence electrons. The fourth-order valence-corrected chi connectivity index (χ4v) is 2.20. The molecule has 0 fully saturated rings. The Morgan fingerprint density at radius 3 is 2.83 bits per heavy atom. The molecule has 5 heteroatoms. The minimum Gasteiger partial charge on any atom is -0.369 e. The Bertz CT molecular complexity index is 680. The summed E-state index contributed by atoms with van der Waals surface area (Å²) in [4.78, 5) is 4.35. The van der Waals surface area contributed by atoms with Gasteiger partial charge in [-0.2, -0.15) is 5.10 Å². The summed E-state index contributed by atoms with van der Waals surface area (Å²) in [5.41, 5.74) is 9.17. The van der Waals surface area contributed by atoms with E-state index in [0.29, 0.717) is 5.95 Å². The summed E-state index contributed by atoms with van der Waals surface area (Å²) < 4.78 is 3.93. The van der Waals surface area contributed by atoms with E-state index in [1.807, 2.05) is 52.8 Å². The monoisotopic (exact) mass is 241 g/mol. The number of hydrogen-bond donors (Lipinski definition) is 1. The van der Waals surface area contributed by atoms with E-state index in [1.165, 1.54) is 5.69 Å². The Balaban J connectivity index is 1.91. The molecule has 0 amide bonds. The highest BCUT2D eigenvalue weighted by Gasteiger charge is 2.08. The molecule has 2 N–H and O–H groups in total. The van der Waals surface area contributed by atoms with Crippen LogP contribution in [0, 0.1) is 0 Å². The SMILES string of the molecule is Cn1nccc1CCn1c(N)nc2ccccc21. The lowest BCUT2D eigenvalue weighted by molar-refractivity contribution is 0.651. The second kappa shape index (κ2) is 4.18. The van der Waals surface area contributed by atoms with Crippen LogP contribution < -0.4 is 5.73 Å². The normalized spacial score (nSPS) is 11.2. The molecule has 2 heterocycles. The summed E-state index contributed by atoms with van der Waals surface area (Å²) in [6.45, 7) is 0.811. The molecule has 0 bridgehead atoms. The maximum Gasteiger partial charge on any atom is 0.201 e. The van der Waals surface area contributed by atoms with E-state index in [0.717, 1.165) is 24.0 Å². The molecule has 5 nitrogen and oxygen atoms in total. The summed E-state index contributed by atoms with van der Waals surface area (Å²) in [6.07, 6.45) is 2.70. The number of aryl methyl sites for hydroxylation is 3. The van der Waals surface area contributed by atoms with Gasteiger partial charge in [-0.1, -0.05) is 12.1 Å². The van der Waals surface area contributed by atoms with Gasteiger partial charge in [-0.25, -0.2) is 4.98 Å². The third kappa shape index (κ3) is 1.73. The lowest BCUT2D eigenvalue weighted by Crippen LogP contribution is -2.08. The number of hydrogen-bond acceptors (Lipinski definition) is 3. The first-order valence-electron chi connectivity index (χ1n) is 5.93. The standard InChI is InChI=1S/C13H15N5/c1-17-10(6-8-15-17)7-9-18-12-5-3-2-4-11(12)16-13(18)14/h2-6,8H,7,9H2,1H3,(H2,14,16). The Morgan fingerprint density at radius 1 is 1.22 bits per heavy atom. The van der Waals surface area contributed by atoms with E-state index in [4.69, 9.17) is 5.73 Å². The average Bonchev–Trinajstić information content (AvgIpc) is 2.90. The Labute approximate surface area is 105 Å². The highest BCUT2D eigenvalue weighted by atomic mass is 15.3. The number of nitrogens with two attached hydrogens (primary N) is 1. The summed E-state index contributed by atoms with van der Waals surface area (Å²) in [7, 11) is 1.95. The smallest absolute Gasteiger partial charge is 0.201 e. The average molecular weight is 241 g/mol. The number of imidazole rings is 1. The molecule has 3 rings (SSSR count). The van der Waals surface area contributed by atoms with Crippen LogP contribution in [-0.2, 0) is 20.0 Å². The van der Waals surface area contributed by atoms with Crippen molar-refractivity contribution in [2.45, 2.75) is 13.0 Å². The highest BCUT2D eigenvalue weighted by molar-refractivity contribution is 5.78. The summed E-state index contributed by atoms with van der Waals surface area (Å²) in [5, 5.41) is 4.16. The van der Waals surface area contributed by atoms with Crippen molar-refractivity contribution < 1.29 is 0 Å². The number of anilines is 1. The first-order valence-corrected chi connectivity index (χ1v) is 5.93. The Kier molecular flexibility index (Phi) is 2.51. The first kappa shape index (κ1) is 10.8. The van der Waals surface area contributed by atoms with E-state index in [1.54, 1.807) is 0 Å². The molecule has 0 spiro atoms. The van der Waals surface area contributed by atoms with Gasteiger partial charge in [0.2, 0.25) is 5.95 Å². The van der Waals surface area contributed by atoms with Crippen molar-refractivity contribution in [2.24, 2.45) is 7.05 Å². The van der Waals surface area contributed by atoms with Gasteiger partial charge in [-0.15, -0.1) is 0 Å². The van der Waals surface area contributed by atoms with Crippen molar-refractivity contribution in [2.75, 3.05) is 5.73 Å². The van der Waals surface area contributed by atoms with Crippen molar-refractivity contribution in [1.29, 1.82) is 0 Å². The van der Waals surface area contributed by atoms with Crippen LogP contribution in [0.5, 0.6) is 0 Å². The topological polar surface area (TPSA) is 61.7 Å². The van der Waals surface area contributed by atoms with Gasteiger partial charge in [0.25, 0.3) is 0 Å². The predicted molar refractivity (Wildman–Crippen MR) is 71.1 cm³/mol. The van der Waals surface area contributed by atoms with Gasteiger partial charge in [0.05, 0.1) is 11.0 Å². The van der Waals surface area contributed by atoms with Crippen LogP contribution in [0.15, 0.2) is 36.5 Å². The van der Waals surface area contributed by atoms with E-state index in [9.17, 15) is 0 Å². The van der Waals surface area contributed by atoms with Gasteiger partial charge in [0, 0.05) is 31.9 Å². The second-order valence-electron chi connectivity index (χ2n) is 4.31. The zero-order valence-corrected chi connectivity index (χ0v) is 10.2. The van der Waals surface area contributed by atoms with Crippen molar-refractivity contribution in [3.63, 3.8) is 0 Å². The quantitative estimate of drug-likeness (QED) is 0.757. The molecule has 1 aromatic carbocycles. The summed E-state index contributed by atoms with van der Waals surface area (Å²) in [5.74, 6) is 0.568. The van der Waals surface area contributed by atoms with E-state index in [2.05, 4.69) is 10.1 Å². The number of nitrogens with zero attached hydrogens (tertiary/aromatic N) is 4. The Morgan fingerprint density at radius 2 is 2.06 bits per heavy atom. The van der Waals surface area contributed by atoms with Gasteiger partial charge in [0.1, 0.15) is 0 Å². The Hall–Kier alpha value is -2.30. The van der Waals surface area contributed by atoms with Crippen molar-refractivity contribution in [1.82, 2.24) is 19.3 Å². The van der Waals surface area contributed by atoms with Crippen LogP contribution in [0.2, 0.25) is 0 Å². The molecule has 0 aliphatic carbocycles. The molecule has 0 saturated carbocycles. The predicted octanol–water partition coefficient (Wildman–Crippen LogP) is 1.59. The minimum absolute atomic E-state index is 0.568. The van der Waals surface area contributed by atoms with Crippen molar-refractivity contribution >= 4 is 17.0 Å². The molecule has 18 heavy (non-hydrogen) atoms. The largest absolute Gasteiger partial charge is 0.369 e. The van der Waals surface area contributed by atoms with E-state index in [-0.39, 0.29) is 0 Å². The molecular weight excluding hydrogens is 226 g/mol. The highest BCUT2D eigenvalue weighted by Crippen LogP contribution is 2.17. The zero-order valence-electron chi connectivity index (χ0n) is 10.2. The molecule has 3 aromatic rings. The van der Waals surface area contributed by atoms with Gasteiger partial charge in [-0.3, -0.25) is 4.68 Å². The van der Waals surface area contributed by atoms with Crippen LogP contribution in [0.4, 0.5) is 5.95 Å². The lowest BCUT2D eigenvalue weighted by atomic mass is 10.3. The maximum absolute atomic E-state index is 5.96.